The molecule has 126 valence electrons. The molecule has 2 N–H and O–H groups in total. The monoisotopic (exact) mass is 334 g/mol. The number of hydrogen-bond acceptors (Lipinski definition) is 2. The van der Waals surface area contributed by atoms with Gasteiger partial charge in [0.25, 0.3) is 0 Å². The van der Waals surface area contributed by atoms with E-state index in [1.54, 1.807) is 12.1 Å². The Bertz CT molecular complexity index is 794. The molecule has 0 bridgehead atoms. The molecule has 0 saturated heterocycles. The van der Waals surface area contributed by atoms with Gasteiger partial charge in [0.15, 0.2) is 0 Å². The summed E-state index contributed by atoms with van der Waals surface area (Å²) in [5, 5.41) is 1.16. The van der Waals surface area contributed by atoms with Gasteiger partial charge in [-0.05, 0) is 57.2 Å². The van der Waals surface area contributed by atoms with Crippen LogP contribution in [0.5, 0.6) is 0 Å². The lowest BCUT2D eigenvalue weighted by Crippen LogP contribution is -2.40. The molecule has 1 aliphatic carbocycles. The standard InChI is InChI=1S/C18H26N2O2S/c1-18(2,3)20-23(21,22)14-9-10-15-16(12-19-17(15)11-14)13-7-5-4-6-8-13/h9-13,19-20H,4-8H2,1-3H3. The summed E-state index contributed by atoms with van der Waals surface area (Å²) in [5.41, 5.74) is 1.76. The van der Waals surface area contributed by atoms with Gasteiger partial charge in [-0.25, -0.2) is 13.1 Å². The lowest BCUT2D eigenvalue weighted by Gasteiger charge is -2.21. The number of benzene rings is 1. The van der Waals surface area contributed by atoms with E-state index >= 15 is 0 Å². The molecular formula is C18H26N2O2S. The summed E-state index contributed by atoms with van der Waals surface area (Å²) in [6.45, 7) is 5.54. The SMILES string of the molecule is CC(C)(C)NS(=O)(=O)c1ccc2c(C3CCCCC3)c[nH]c2c1. The van der Waals surface area contributed by atoms with Crippen molar-refractivity contribution >= 4 is 20.9 Å². The zero-order valence-electron chi connectivity index (χ0n) is 14.1. The number of hydrogen-bond donors (Lipinski definition) is 2. The highest BCUT2D eigenvalue weighted by Gasteiger charge is 2.23. The highest BCUT2D eigenvalue weighted by Crippen LogP contribution is 2.36. The number of rotatable bonds is 3. The molecule has 0 aliphatic heterocycles. The third kappa shape index (κ3) is 3.61. The highest BCUT2D eigenvalue weighted by molar-refractivity contribution is 7.89. The number of H-pyrrole nitrogens is 1. The number of aromatic nitrogens is 1. The second-order valence-corrected chi connectivity index (χ2v) is 9.32. The molecule has 0 amide bonds. The largest absolute Gasteiger partial charge is 0.361 e. The molecule has 0 atom stereocenters. The third-order valence-electron chi connectivity index (χ3n) is 4.48. The summed E-state index contributed by atoms with van der Waals surface area (Å²) in [7, 11) is -3.50. The summed E-state index contributed by atoms with van der Waals surface area (Å²) < 4.78 is 27.7. The minimum Gasteiger partial charge on any atom is -0.361 e. The van der Waals surface area contributed by atoms with Gasteiger partial charge in [-0.15, -0.1) is 0 Å². The number of fused-ring (bicyclic) bond motifs is 1. The predicted octanol–water partition coefficient (Wildman–Crippen LogP) is 4.29. The Kier molecular flexibility index (Phi) is 4.27. The Labute approximate surface area is 138 Å². The van der Waals surface area contributed by atoms with E-state index in [4.69, 9.17) is 0 Å². The molecule has 0 unspecified atom stereocenters. The smallest absolute Gasteiger partial charge is 0.241 e. The van der Waals surface area contributed by atoms with E-state index in [-0.39, 0.29) is 0 Å². The summed E-state index contributed by atoms with van der Waals surface area (Å²) in [4.78, 5) is 3.59. The molecule has 23 heavy (non-hydrogen) atoms. The van der Waals surface area contributed by atoms with E-state index in [2.05, 4.69) is 15.9 Å². The topological polar surface area (TPSA) is 62.0 Å². The van der Waals surface area contributed by atoms with Crippen LogP contribution in [0.3, 0.4) is 0 Å². The van der Waals surface area contributed by atoms with Gasteiger partial charge in [0.1, 0.15) is 0 Å². The van der Waals surface area contributed by atoms with Gasteiger partial charge in [0.05, 0.1) is 4.90 Å². The Balaban J connectivity index is 1.95. The summed E-state index contributed by atoms with van der Waals surface area (Å²) in [6.07, 6.45) is 8.45. The number of nitrogens with one attached hydrogen (secondary N) is 2. The zero-order valence-corrected chi connectivity index (χ0v) is 15.0. The second kappa shape index (κ2) is 5.95. The van der Waals surface area contributed by atoms with Gasteiger partial charge in [-0.1, -0.05) is 25.3 Å². The Morgan fingerprint density at radius 1 is 1.13 bits per heavy atom. The third-order valence-corrected chi connectivity index (χ3v) is 6.24. The van der Waals surface area contributed by atoms with Crippen LogP contribution >= 0.6 is 0 Å². The van der Waals surface area contributed by atoms with Gasteiger partial charge in [-0.2, -0.15) is 0 Å². The first-order chi connectivity index (χ1) is 10.8. The van der Waals surface area contributed by atoms with Crippen molar-refractivity contribution in [3.8, 4) is 0 Å². The molecule has 0 radical (unpaired) electrons. The fourth-order valence-electron chi connectivity index (χ4n) is 3.51. The fourth-order valence-corrected chi connectivity index (χ4v) is 4.95. The molecule has 1 fully saturated rings. The van der Waals surface area contributed by atoms with Gasteiger partial charge >= 0.3 is 0 Å². The molecular weight excluding hydrogens is 308 g/mol. The zero-order chi connectivity index (χ0) is 16.7. The minimum absolute atomic E-state index is 0.317. The van der Waals surface area contributed by atoms with Crippen LogP contribution in [0.15, 0.2) is 29.3 Å². The minimum atomic E-state index is -3.50. The first-order valence-corrected chi connectivity index (χ1v) is 9.90. The molecule has 2 aromatic rings. The van der Waals surface area contributed by atoms with Crippen LogP contribution in [0, 0.1) is 0 Å². The van der Waals surface area contributed by atoms with Gasteiger partial charge in [0, 0.05) is 22.6 Å². The van der Waals surface area contributed by atoms with E-state index in [0.29, 0.717) is 10.8 Å². The maximum absolute atomic E-state index is 12.5. The molecule has 1 aliphatic rings. The van der Waals surface area contributed by atoms with Crippen LogP contribution in [0.1, 0.15) is 64.4 Å². The maximum Gasteiger partial charge on any atom is 0.241 e. The fraction of sp³-hybridized carbons (Fsp3) is 0.556. The maximum atomic E-state index is 12.5. The van der Waals surface area contributed by atoms with Gasteiger partial charge in [-0.3, -0.25) is 0 Å². The lowest BCUT2D eigenvalue weighted by molar-refractivity contribution is 0.445. The Morgan fingerprint density at radius 3 is 2.48 bits per heavy atom. The highest BCUT2D eigenvalue weighted by atomic mass is 32.2. The molecule has 1 aromatic carbocycles. The first kappa shape index (κ1) is 16.5. The van der Waals surface area contributed by atoms with Crippen molar-refractivity contribution in [3.05, 3.63) is 30.0 Å². The normalized spacial score (nSPS) is 17.7. The van der Waals surface area contributed by atoms with Crippen LogP contribution in [0.4, 0.5) is 0 Å². The van der Waals surface area contributed by atoms with Crippen molar-refractivity contribution in [2.45, 2.75) is 69.2 Å². The van der Waals surface area contributed by atoms with Crippen LogP contribution in [-0.4, -0.2) is 18.9 Å². The van der Waals surface area contributed by atoms with Crippen molar-refractivity contribution in [2.75, 3.05) is 0 Å². The molecule has 1 aromatic heterocycles. The average molecular weight is 334 g/mol. The van der Waals surface area contributed by atoms with E-state index < -0.39 is 15.6 Å². The second-order valence-electron chi connectivity index (χ2n) is 7.64. The molecule has 5 heteroatoms. The predicted molar refractivity (Wildman–Crippen MR) is 94.2 cm³/mol. The molecule has 4 nitrogen and oxygen atoms in total. The van der Waals surface area contributed by atoms with Crippen LogP contribution in [-0.2, 0) is 10.0 Å². The number of aromatic amines is 1. The summed E-state index contributed by atoms with van der Waals surface area (Å²) in [5.74, 6) is 0.604. The van der Waals surface area contributed by atoms with E-state index in [9.17, 15) is 8.42 Å². The summed E-state index contributed by atoms with van der Waals surface area (Å²) >= 11 is 0. The Hall–Kier alpha value is -1.33. The van der Waals surface area contributed by atoms with E-state index in [1.807, 2.05) is 26.8 Å². The van der Waals surface area contributed by atoms with Crippen LogP contribution in [0.25, 0.3) is 10.9 Å². The Morgan fingerprint density at radius 2 is 1.83 bits per heavy atom. The van der Waals surface area contributed by atoms with Crippen molar-refractivity contribution in [1.82, 2.24) is 9.71 Å². The molecule has 1 heterocycles. The van der Waals surface area contributed by atoms with Crippen molar-refractivity contribution in [3.63, 3.8) is 0 Å². The van der Waals surface area contributed by atoms with Crippen molar-refractivity contribution in [1.29, 1.82) is 0 Å². The van der Waals surface area contributed by atoms with Crippen molar-refractivity contribution in [2.24, 2.45) is 0 Å². The van der Waals surface area contributed by atoms with Gasteiger partial charge < -0.3 is 4.98 Å². The molecule has 3 rings (SSSR count). The molecule has 1 saturated carbocycles. The number of sulfonamides is 1. The first-order valence-electron chi connectivity index (χ1n) is 8.41. The van der Waals surface area contributed by atoms with Crippen LogP contribution in [0.2, 0.25) is 0 Å². The van der Waals surface area contributed by atoms with Crippen molar-refractivity contribution < 1.29 is 8.42 Å². The average Bonchev–Trinajstić information content (AvgIpc) is 2.88. The quantitative estimate of drug-likeness (QED) is 0.879. The van der Waals surface area contributed by atoms with Crippen LogP contribution < -0.4 is 4.72 Å². The molecule has 0 spiro atoms. The summed E-state index contributed by atoms with van der Waals surface area (Å²) in [6, 6.07) is 5.42. The van der Waals surface area contributed by atoms with Gasteiger partial charge in [0.2, 0.25) is 10.0 Å². The van der Waals surface area contributed by atoms with E-state index in [1.165, 1.54) is 37.7 Å². The lowest BCUT2D eigenvalue weighted by atomic mass is 9.84. The van der Waals surface area contributed by atoms with E-state index in [0.717, 1.165) is 10.9 Å².